The predicted molar refractivity (Wildman–Crippen MR) is 61.0 cm³/mol. The highest BCUT2D eigenvalue weighted by Gasteiger charge is 2.40. The Morgan fingerprint density at radius 3 is 2.81 bits per heavy atom. The summed E-state index contributed by atoms with van der Waals surface area (Å²) in [5.74, 6) is -0.113. The lowest BCUT2D eigenvalue weighted by molar-refractivity contribution is -0.130. The summed E-state index contributed by atoms with van der Waals surface area (Å²) in [5.41, 5.74) is 5.81. The topological polar surface area (TPSA) is 73.6 Å². The Morgan fingerprint density at radius 2 is 2.25 bits per heavy atom. The van der Waals surface area contributed by atoms with E-state index in [1.165, 1.54) is 0 Å². The Balaban J connectivity index is 2.21. The lowest BCUT2D eigenvalue weighted by atomic mass is 9.83. The van der Waals surface area contributed by atoms with Crippen LogP contribution in [-0.2, 0) is 14.3 Å². The Bertz CT molecular complexity index is 221. The third-order valence-electron chi connectivity index (χ3n) is 2.66. The molecule has 0 aromatic carbocycles. The van der Waals surface area contributed by atoms with E-state index >= 15 is 0 Å². The first-order valence-electron chi connectivity index (χ1n) is 5.93. The molecular weight excluding hydrogens is 208 g/mol. The summed E-state index contributed by atoms with van der Waals surface area (Å²) in [6, 6.07) is -0.0515. The van der Waals surface area contributed by atoms with Crippen LogP contribution in [0.5, 0.6) is 0 Å². The van der Waals surface area contributed by atoms with Crippen molar-refractivity contribution in [3.05, 3.63) is 0 Å². The Hall–Kier alpha value is -0.650. The van der Waals surface area contributed by atoms with Gasteiger partial charge in [-0.2, -0.15) is 0 Å². The Morgan fingerprint density at radius 1 is 1.50 bits per heavy atom. The molecule has 1 aliphatic rings. The second kappa shape index (κ2) is 6.83. The SMILES string of the molecule is CCCOCC(=O)NC1C(N)CC1OCC. The number of carbonyl (C=O) groups excluding carboxylic acids is 1. The first-order chi connectivity index (χ1) is 7.69. The molecule has 0 radical (unpaired) electrons. The standard InChI is InChI=1S/C11H22N2O3/c1-3-5-15-7-10(14)13-11-8(12)6-9(11)16-4-2/h8-9,11H,3-7,12H2,1-2H3,(H,13,14). The number of amides is 1. The van der Waals surface area contributed by atoms with E-state index in [9.17, 15) is 4.79 Å². The van der Waals surface area contributed by atoms with E-state index in [-0.39, 0.29) is 30.7 Å². The number of hydrogen-bond donors (Lipinski definition) is 2. The molecule has 1 amide bonds. The molecule has 0 heterocycles. The molecule has 3 unspecified atom stereocenters. The van der Waals surface area contributed by atoms with Crippen molar-refractivity contribution in [3.63, 3.8) is 0 Å². The van der Waals surface area contributed by atoms with Crippen molar-refractivity contribution in [1.29, 1.82) is 0 Å². The van der Waals surface area contributed by atoms with Crippen molar-refractivity contribution in [3.8, 4) is 0 Å². The van der Waals surface area contributed by atoms with Crippen LogP contribution in [-0.4, -0.2) is 43.9 Å². The molecule has 3 atom stereocenters. The monoisotopic (exact) mass is 230 g/mol. The van der Waals surface area contributed by atoms with E-state index in [0.717, 1.165) is 12.8 Å². The molecule has 0 aliphatic heterocycles. The van der Waals surface area contributed by atoms with Gasteiger partial charge in [0.05, 0.1) is 12.1 Å². The fourth-order valence-corrected chi connectivity index (χ4v) is 1.76. The van der Waals surface area contributed by atoms with Crippen LogP contribution in [0.15, 0.2) is 0 Å². The summed E-state index contributed by atoms with van der Waals surface area (Å²) in [5, 5.41) is 2.85. The van der Waals surface area contributed by atoms with Crippen LogP contribution >= 0.6 is 0 Å². The maximum absolute atomic E-state index is 11.5. The number of rotatable bonds is 7. The third kappa shape index (κ3) is 3.73. The normalized spacial score (nSPS) is 28.6. The van der Waals surface area contributed by atoms with E-state index in [1.54, 1.807) is 0 Å². The minimum atomic E-state index is -0.113. The number of hydrogen-bond acceptors (Lipinski definition) is 4. The largest absolute Gasteiger partial charge is 0.376 e. The molecule has 1 aliphatic carbocycles. The third-order valence-corrected chi connectivity index (χ3v) is 2.66. The highest BCUT2D eigenvalue weighted by Crippen LogP contribution is 2.22. The maximum atomic E-state index is 11.5. The van der Waals surface area contributed by atoms with Gasteiger partial charge in [0, 0.05) is 19.3 Å². The second-order valence-corrected chi connectivity index (χ2v) is 4.04. The van der Waals surface area contributed by atoms with Gasteiger partial charge in [0.15, 0.2) is 0 Å². The smallest absolute Gasteiger partial charge is 0.246 e. The molecule has 1 saturated carbocycles. The first-order valence-corrected chi connectivity index (χ1v) is 5.93. The van der Waals surface area contributed by atoms with Gasteiger partial charge in [-0.05, 0) is 19.8 Å². The Labute approximate surface area is 96.7 Å². The zero-order valence-electron chi connectivity index (χ0n) is 10.1. The summed E-state index contributed by atoms with van der Waals surface area (Å²) in [4.78, 5) is 11.5. The lowest BCUT2D eigenvalue weighted by Crippen LogP contribution is -2.65. The van der Waals surface area contributed by atoms with Crippen LogP contribution in [0.3, 0.4) is 0 Å². The molecule has 0 bridgehead atoms. The van der Waals surface area contributed by atoms with Gasteiger partial charge in [0.25, 0.3) is 0 Å². The highest BCUT2D eigenvalue weighted by molar-refractivity contribution is 5.77. The summed E-state index contributed by atoms with van der Waals surface area (Å²) >= 11 is 0. The van der Waals surface area contributed by atoms with E-state index in [0.29, 0.717) is 13.2 Å². The summed E-state index contributed by atoms with van der Waals surface area (Å²) in [6.07, 6.45) is 1.79. The highest BCUT2D eigenvalue weighted by atomic mass is 16.5. The minimum absolute atomic E-state index is 0.00618. The fourth-order valence-electron chi connectivity index (χ4n) is 1.76. The van der Waals surface area contributed by atoms with Gasteiger partial charge in [-0.25, -0.2) is 0 Å². The molecule has 3 N–H and O–H groups in total. The second-order valence-electron chi connectivity index (χ2n) is 4.04. The van der Waals surface area contributed by atoms with Crippen LogP contribution in [0, 0.1) is 0 Å². The maximum Gasteiger partial charge on any atom is 0.246 e. The molecule has 0 saturated heterocycles. The zero-order chi connectivity index (χ0) is 12.0. The van der Waals surface area contributed by atoms with Gasteiger partial charge in [-0.15, -0.1) is 0 Å². The van der Waals surface area contributed by atoms with E-state index < -0.39 is 0 Å². The first kappa shape index (κ1) is 13.4. The molecule has 94 valence electrons. The molecule has 0 aromatic rings. The predicted octanol–water partition coefficient (Wildman–Crippen LogP) is 0.0339. The van der Waals surface area contributed by atoms with Crippen LogP contribution in [0.1, 0.15) is 26.7 Å². The molecule has 5 nitrogen and oxygen atoms in total. The van der Waals surface area contributed by atoms with Crippen molar-refractivity contribution in [2.45, 2.75) is 44.9 Å². The molecule has 1 rings (SSSR count). The van der Waals surface area contributed by atoms with Crippen molar-refractivity contribution in [2.75, 3.05) is 19.8 Å². The molecule has 1 fully saturated rings. The van der Waals surface area contributed by atoms with Gasteiger partial charge >= 0.3 is 0 Å². The van der Waals surface area contributed by atoms with Crippen molar-refractivity contribution < 1.29 is 14.3 Å². The summed E-state index contributed by atoms with van der Waals surface area (Å²) in [6.45, 7) is 5.31. The summed E-state index contributed by atoms with van der Waals surface area (Å²) < 4.78 is 10.6. The molecular formula is C11H22N2O3. The van der Waals surface area contributed by atoms with Crippen LogP contribution in [0.2, 0.25) is 0 Å². The number of nitrogens with one attached hydrogen (secondary N) is 1. The van der Waals surface area contributed by atoms with Gasteiger partial charge in [0.1, 0.15) is 6.61 Å². The average Bonchev–Trinajstić information content (AvgIpc) is 2.26. The fraction of sp³-hybridized carbons (Fsp3) is 0.909. The van der Waals surface area contributed by atoms with Crippen LogP contribution in [0.4, 0.5) is 0 Å². The number of nitrogens with two attached hydrogens (primary N) is 1. The van der Waals surface area contributed by atoms with E-state index in [2.05, 4.69) is 5.32 Å². The van der Waals surface area contributed by atoms with Gasteiger partial charge in [0.2, 0.25) is 5.91 Å². The van der Waals surface area contributed by atoms with Crippen molar-refractivity contribution in [1.82, 2.24) is 5.32 Å². The zero-order valence-corrected chi connectivity index (χ0v) is 10.1. The number of carbonyl (C=O) groups is 1. The van der Waals surface area contributed by atoms with E-state index in [1.807, 2.05) is 13.8 Å². The summed E-state index contributed by atoms with van der Waals surface area (Å²) in [7, 11) is 0. The Kier molecular flexibility index (Phi) is 5.73. The minimum Gasteiger partial charge on any atom is -0.376 e. The lowest BCUT2D eigenvalue weighted by Gasteiger charge is -2.42. The quantitative estimate of drug-likeness (QED) is 0.605. The molecule has 5 heteroatoms. The molecule has 16 heavy (non-hydrogen) atoms. The molecule has 0 spiro atoms. The average molecular weight is 230 g/mol. The van der Waals surface area contributed by atoms with Gasteiger partial charge in [-0.3, -0.25) is 4.79 Å². The van der Waals surface area contributed by atoms with Gasteiger partial charge in [-0.1, -0.05) is 6.92 Å². The van der Waals surface area contributed by atoms with Crippen LogP contribution in [0.25, 0.3) is 0 Å². The van der Waals surface area contributed by atoms with Gasteiger partial charge < -0.3 is 20.5 Å². The van der Waals surface area contributed by atoms with Crippen molar-refractivity contribution in [2.24, 2.45) is 5.73 Å². The van der Waals surface area contributed by atoms with Crippen molar-refractivity contribution >= 4 is 5.91 Å². The van der Waals surface area contributed by atoms with E-state index in [4.69, 9.17) is 15.2 Å². The number of ether oxygens (including phenoxy) is 2. The van der Waals surface area contributed by atoms with Crippen LogP contribution < -0.4 is 11.1 Å². The molecule has 0 aromatic heterocycles.